The number of hydrogen-bond acceptors (Lipinski definition) is 8. The monoisotopic (exact) mass is 636 g/mol. The van der Waals surface area contributed by atoms with Crippen molar-refractivity contribution >= 4 is 39.8 Å². The maximum atomic E-state index is 15.1. The second-order valence-electron chi connectivity index (χ2n) is 10.7. The van der Waals surface area contributed by atoms with Crippen LogP contribution in [0.1, 0.15) is 24.8 Å². The first-order valence-corrected chi connectivity index (χ1v) is 15.0. The van der Waals surface area contributed by atoms with Crippen LogP contribution in [0.25, 0.3) is 10.9 Å². The molecule has 5 rings (SSSR count). The number of thiocarbonyl (C=S) groups is 1. The van der Waals surface area contributed by atoms with Crippen molar-refractivity contribution in [2.45, 2.75) is 31.8 Å². The molecule has 12 heteroatoms. The van der Waals surface area contributed by atoms with Crippen molar-refractivity contribution in [3.63, 3.8) is 0 Å². The number of ether oxygens (including phenoxy) is 3. The summed E-state index contributed by atoms with van der Waals surface area (Å²) in [5, 5.41) is 16.4. The van der Waals surface area contributed by atoms with Gasteiger partial charge in [-0.05, 0) is 80.1 Å². The van der Waals surface area contributed by atoms with E-state index in [-0.39, 0.29) is 23.9 Å². The number of fused-ring (bicyclic) bond motifs is 1. The molecular weight excluding hydrogens is 602 g/mol. The Balaban J connectivity index is 1.21. The molecule has 3 aromatic carbocycles. The number of pyridine rings is 1. The maximum Gasteiger partial charge on any atom is 0.230 e. The number of rotatable bonds is 11. The third-order valence-corrected chi connectivity index (χ3v) is 7.48. The summed E-state index contributed by atoms with van der Waals surface area (Å²) in [6.45, 7) is 2.61. The quantitative estimate of drug-likeness (QED) is 0.182. The van der Waals surface area contributed by atoms with Crippen molar-refractivity contribution in [3.8, 4) is 23.0 Å². The van der Waals surface area contributed by atoms with Crippen molar-refractivity contribution in [2.24, 2.45) is 0 Å². The topological polar surface area (TPSA) is 105 Å². The lowest BCUT2D eigenvalue weighted by Crippen LogP contribution is -2.38. The number of aliphatic hydroxyl groups excluding tert-OH is 1. The van der Waals surface area contributed by atoms with Gasteiger partial charge in [0.05, 0.1) is 19.0 Å². The Morgan fingerprint density at radius 3 is 2.51 bits per heavy atom. The number of methoxy groups -OCH3 is 1. The molecule has 9 nitrogen and oxygen atoms in total. The Hall–Kier alpha value is -4.39. The van der Waals surface area contributed by atoms with E-state index < -0.39 is 23.6 Å². The second kappa shape index (κ2) is 15.1. The second-order valence-corrected chi connectivity index (χ2v) is 11.1. The first kappa shape index (κ1) is 32.0. The van der Waals surface area contributed by atoms with Crippen LogP contribution < -0.4 is 24.8 Å². The van der Waals surface area contributed by atoms with Crippen LogP contribution in [-0.2, 0) is 11.2 Å². The molecule has 45 heavy (non-hydrogen) atoms. The number of likely N-dealkylation sites (tertiary alicyclic amines) is 1. The fourth-order valence-corrected chi connectivity index (χ4v) is 5.30. The van der Waals surface area contributed by atoms with Crippen molar-refractivity contribution in [2.75, 3.05) is 38.7 Å². The number of amides is 1. The van der Waals surface area contributed by atoms with Crippen molar-refractivity contribution < 1.29 is 32.9 Å². The Morgan fingerprint density at radius 2 is 1.78 bits per heavy atom. The molecule has 1 aromatic heterocycles. The highest BCUT2D eigenvalue weighted by atomic mass is 32.1. The zero-order valence-corrected chi connectivity index (χ0v) is 25.5. The molecule has 1 amide bonds. The predicted molar refractivity (Wildman–Crippen MR) is 171 cm³/mol. The van der Waals surface area contributed by atoms with E-state index in [9.17, 15) is 14.3 Å². The summed E-state index contributed by atoms with van der Waals surface area (Å²) in [7, 11) is 1.51. The lowest BCUT2D eigenvalue weighted by molar-refractivity contribution is -0.119. The Bertz CT molecular complexity index is 1650. The van der Waals surface area contributed by atoms with Crippen molar-refractivity contribution in [1.82, 2.24) is 15.2 Å². The fourth-order valence-electron chi connectivity index (χ4n) is 5.07. The number of hydrogen-bond donors (Lipinski definition) is 3. The molecule has 4 aromatic rings. The van der Waals surface area contributed by atoms with E-state index >= 15 is 4.39 Å². The molecule has 0 aliphatic carbocycles. The SMILES string of the molecule is COc1cc2c(Oc3ccc(NC(=S)NC(=O)Cc4ccc(F)cc4)cc3F)ccnc2cc1OCC(O)CN1CCCCC1. The lowest BCUT2D eigenvalue weighted by atomic mass is 10.1. The van der Waals surface area contributed by atoms with Gasteiger partial charge < -0.3 is 34.9 Å². The van der Waals surface area contributed by atoms with Gasteiger partial charge in [0.15, 0.2) is 28.2 Å². The molecule has 0 saturated carbocycles. The van der Waals surface area contributed by atoms with Gasteiger partial charge in [0, 0.05) is 35.9 Å². The molecule has 1 atom stereocenters. The highest BCUT2D eigenvalue weighted by Crippen LogP contribution is 2.38. The molecular formula is C33H34F2N4O5S. The van der Waals surface area contributed by atoms with Gasteiger partial charge in [-0.1, -0.05) is 18.6 Å². The van der Waals surface area contributed by atoms with Crippen LogP contribution >= 0.6 is 12.2 Å². The average Bonchev–Trinajstić information content (AvgIpc) is 3.02. The van der Waals surface area contributed by atoms with Gasteiger partial charge in [-0.3, -0.25) is 9.78 Å². The molecule has 1 aliphatic heterocycles. The highest BCUT2D eigenvalue weighted by Gasteiger charge is 2.18. The summed E-state index contributed by atoms with van der Waals surface area (Å²) in [5.41, 5.74) is 1.46. The first-order chi connectivity index (χ1) is 21.8. The van der Waals surface area contributed by atoms with Crippen LogP contribution in [0.4, 0.5) is 14.5 Å². The van der Waals surface area contributed by atoms with E-state index in [0.717, 1.165) is 25.9 Å². The Kier molecular flexibility index (Phi) is 10.7. The number of anilines is 1. The normalized spacial score (nSPS) is 14.0. The first-order valence-electron chi connectivity index (χ1n) is 14.6. The van der Waals surface area contributed by atoms with Crippen LogP contribution in [0.5, 0.6) is 23.0 Å². The van der Waals surface area contributed by atoms with E-state index in [1.807, 2.05) is 0 Å². The zero-order valence-electron chi connectivity index (χ0n) is 24.7. The summed E-state index contributed by atoms with van der Waals surface area (Å²) in [6, 6.07) is 14.8. The smallest absolute Gasteiger partial charge is 0.230 e. The van der Waals surface area contributed by atoms with Gasteiger partial charge >= 0.3 is 0 Å². The number of piperidine rings is 1. The van der Waals surface area contributed by atoms with E-state index in [2.05, 4.69) is 20.5 Å². The number of benzene rings is 3. The molecule has 0 spiro atoms. The van der Waals surface area contributed by atoms with Crippen LogP contribution in [0.3, 0.4) is 0 Å². The van der Waals surface area contributed by atoms with Crippen LogP contribution in [0, 0.1) is 11.6 Å². The number of aromatic nitrogens is 1. The van der Waals surface area contributed by atoms with Gasteiger partial charge in [-0.2, -0.15) is 0 Å². The Labute approximate surface area is 265 Å². The van der Waals surface area contributed by atoms with Crippen LogP contribution in [0.15, 0.2) is 66.9 Å². The third kappa shape index (κ3) is 8.84. The number of β-amino-alcohol motifs (C(OH)–C–C–N with tert-alkyl or cyclic N) is 1. The number of carbonyl (C=O) groups excluding carboxylic acids is 1. The van der Waals surface area contributed by atoms with Gasteiger partial charge in [-0.15, -0.1) is 0 Å². The minimum atomic E-state index is -0.667. The number of aliphatic hydroxyl groups is 1. The molecule has 1 aliphatic rings. The van der Waals surface area contributed by atoms with Gasteiger partial charge in [-0.25, -0.2) is 8.78 Å². The molecule has 0 bridgehead atoms. The lowest BCUT2D eigenvalue weighted by Gasteiger charge is -2.28. The molecule has 1 unspecified atom stereocenters. The molecule has 236 valence electrons. The standard InChI is InChI=1S/C33H34F2N4O5S/c1-42-30-17-25-27(18-31(30)43-20-24(40)19-39-13-3-2-4-14-39)36-12-11-28(25)44-29-10-9-23(16-26(29)35)37-33(45)38-32(41)15-21-5-7-22(34)8-6-21/h5-12,16-18,24,40H,2-4,13-15,19-20H2,1H3,(H2,37,38,41,45). The number of halogens is 2. The molecule has 1 fully saturated rings. The number of nitrogens with zero attached hydrogens (tertiary/aromatic N) is 2. The number of nitrogens with one attached hydrogen (secondary N) is 2. The fraction of sp³-hybridized carbons (Fsp3) is 0.303. The summed E-state index contributed by atoms with van der Waals surface area (Å²) in [6.07, 6.45) is 4.40. The minimum absolute atomic E-state index is 0.00221. The summed E-state index contributed by atoms with van der Waals surface area (Å²) in [4.78, 5) is 18.9. The number of carbonyl (C=O) groups is 1. The zero-order chi connectivity index (χ0) is 31.8. The van der Waals surface area contributed by atoms with E-state index in [1.54, 1.807) is 30.5 Å². The highest BCUT2D eigenvalue weighted by molar-refractivity contribution is 7.80. The van der Waals surface area contributed by atoms with Crippen LogP contribution in [-0.4, -0.2) is 65.5 Å². The largest absolute Gasteiger partial charge is 0.493 e. The van der Waals surface area contributed by atoms with Crippen molar-refractivity contribution in [3.05, 3.63) is 84.1 Å². The minimum Gasteiger partial charge on any atom is -0.493 e. The van der Waals surface area contributed by atoms with E-state index in [0.29, 0.717) is 45.9 Å². The molecule has 2 heterocycles. The van der Waals surface area contributed by atoms with E-state index in [4.69, 9.17) is 26.4 Å². The molecule has 0 radical (unpaired) electrons. The maximum absolute atomic E-state index is 15.1. The summed E-state index contributed by atoms with van der Waals surface area (Å²) < 4.78 is 45.6. The van der Waals surface area contributed by atoms with E-state index in [1.165, 1.54) is 49.9 Å². The third-order valence-electron chi connectivity index (χ3n) is 7.28. The summed E-state index contributed by atoms with van der Waals surface area (Å²) >= 11 is 5.19. The molecule has 1 saturated heterocycles. The Morgan fingerprint density at radius 1 is 1.00 bits per heavy atom. The van der Waals surface area contributed by atoms with Gasteiger partial charge in [0.2, 0.25) is 5.91 Å². The van der Waals surface area contributed by atoms with Crippen LogP contribution in [0.2, 0.25) is 0 Å². The van der Waals surface area contributed by atoms with Gasteiger partial charge in [0.1, 0.15) is 24.3 Å². The average molecular weight is 637 g/mol. The van der Waals surface area contributed by atoms with Crippen molar-refractivity contribution in [1.29, 1.82) is 0 Å². The van der Waals surface area contributed by atoms with Gasteiger partial charge in [0.25, 0.3) is 0 Å². The molecule has 3 N–H and O–H groups in total. The predicted octanol–water partition coefficient (Wildman–Crippen LogP) is 5.60. The summed E-state index contributed by atoms with van der Waals surface area (Å²) in [5.74, 6) is -0.313.